The standard InChI is InChI=1S/C20H32N4O3/c1-16(22-19(26)27-20(2,3)4)15-24(14-13-23-11-7-8-12-23)18(25)17-9-5-6-10-21-17/h5-6,9-10,16H,7-8,11-15H2,1-4H3,(H,22,26)/p+1/t16-/m1/s1. The van der Waals surface area contributed by atoms with Gasteiger partial charge in [-0.05, 0) is 39.8 Å². The van der Waals surface area contributed by atoms with Crippen molar-refractivity contribution >= 4 is 12.0 Å². The van der Waals surface area contributed by atoms with Gasteiger partial charge in [0.2, 0.25) is 0 Å². The third-order valence-corrected chi connectivity index (χ3v) is 4.47. The molecule has 2 heterocycles. The first-order valence-electron chi connectivity index (χ1n) is 9.78. The first-order valence-corrected chi connectivity index (χ1v) is 9.78. The van der Waals surface area contributed by atoms with Crippen molar-refractivity contribution in [2.24, 2.45) is 0 Å². The summed E-state index contributed by atoms with van der Waals surface area (Å²) in [7, 11) is 0. The maximum atomic E-state index is 12.9. The second kappa shape index (κ2) is 9.69. The Bertz CT molecular complexity index is 609. The van der Waals surface area contributed by atoms with Gasteiger partial charge in [-0.2, -0.15) is 0 Å². The van der Waals surface area contributed by atoms with Crippen molar-refractivity contribution in [2.75, 3.05) is 32.7 Å². The third kappa shape index (κ3) is 7.54. The lowest BCUT2D eigenvalue weighted by molar-refractivity contribution is -0.886. The number of pyridine rings is 1. The molecule has 2 amide bonds. The Hall–Kier alpha value is -2.15. The summed E-state index contributed by atoms with van der Waals surface area (Å²) in [4.78, 5) is 32.4. The van der Waals surface area contributed by atoms with Gasteiger partial charge in [-0.25, -0.2) is 4.79 Å². The van der Waals surface area contributed by atoms with E-state index in [1.54, 1.807) is 23.2 Å². The zero-order valence-corrected chi connectivity index (χ0v) is 17.0. The zero-order chi connectivity index (χ0) is 19.9. The molecule has 0 radical (unpaired) electrons. The fourth-order valence-corrected chi connectivity index (χ4v) is 3.23. The number of nitrogens with one attached hydrogen (secondary N) is 2. The summed E-state index contributed by atoms with van der Waals surface area (Å²) in [6.07, 6.45) is 3.66. The molecule has 1 atom stereocenters. The number of carbonyl (C=O) groups excluding carboxylic acids is 2. The number of carbonyl (C=O) groups is 2. The van der Waals surface area contributed by atoms with Crippen LogP contribution < -0.4 is 10.2 Å². The molecule has 0 aliphatic carbocycles. The number of amides is 2. The average molecular weight is 378 g/mol. The molecule has 27 heavy (non-hydrogen) atoms. The SMILES string of the molecule is C[C@H](CN(CC[NH+]1CCCC1)C(=O)c1ccccn1)NC(=O)OC(C)(C)C. The van der Waals surface area contributed by atoms with Crippen molar-refractivity contribution in [3.8, 4) is 0 Å². The quantitative estimate of drug-likeness (QED) is 0.747. The van der Waals surface area contributed by atoms with Crippen LogP contribution in [-0.2, 0) is 4.74 Å². The van der Waals surface area contributed by atoms with Crippen molar-refractivity contribution in [2.45, 2.75) is 52.2 Å². The number of alkyl carbamates (subject to hydrolysis) is 1. The van der Waals surface area contributed by atoms with Crippen molar-refractivity contribution in [3.05, 3.63) is 30.1 Å². The minimum atomic E-state index is -0.549. The van der Waals surface area contributed by atoms with Crippen LogP contribution in [0.5, 0.6) is 0 Å². The van der Waals surface area contributed by atoms with Crippen LogP contribution in [0.25, 0.3) is 0 Å². The van der Waals surface area contributed by atoms with Crippen molar-refractivity contribution in [3.63, 3.8) is 0 Å². The predicted molar refractivity (Wildman–Crippen MR) is 104 cm³/mol. The second-order valence-corrected chi connectivity index (χ2v) is 8.22. The lowest BCUT2D eigenvalue weighted by atomic mass is 10.2. The lowest BCUT2D eigenvalue weighted by Gasteiger charge is -2.28. The first kappa shape index (κ1) is 21.2. The van der Waals surface area contributed by atoms with Gasteiger partial charge in [0.1, 0.15) is 11.3 Å². The normalized spacial score (nSPS) is 16.0. The molecular weight excluding hydrogens is 344 g/mol. The van der Waals surface area contributed by atoms with E-state index >= 15 is 0 Å². The van der Waals surface area contributed by atoms with E-state index in [1.165, 1.54) is 17.7 Å². The molecule has 1 aromatic rings. The topological polar surface area (TPSA) is 76.0 Å². The van der Waals surface area contributed by atoms with Gasteiger partial charge in [-0.15, -0.1) is 0 Å². The summed E-state index contributed by atoms with van der Waals surface area (Å²) >= 11 is 0. The Morgan fingerprint density at radius 2 is 2.00 bits per heavy atom. The Balaban J connectivity index is 1.97. The van der Waals surface area contributed by atoms with Crippen molar-refractivity contribution < 1.29 is 19.2 Å². The number of hydrogen-bond acceptors (Lipinski definition) is 4. The molecule has 1 aliphatic heterocycles. The number of aromatic nitrogens is 1. The van der Waals surface area contributed by atoms with Crippen LogP contribution >= 0.6 is 0 Å². The Morgan fingerprint density at radius 1 is 1.30 bits per heavy atom. The van der Waals surface area contributed by atoms with Crippen molar-refractivity contribution in [1.82, 2.24) is 15.2 Å². The number of hydrogen-bond donors (Lipinski definition) is 2. The number of rotatable bonds is 7. The highest BCUT2D eigenvalue weighted by atomic mass is 16.6. The molecule has 7 heteroatoms. The molecule has 0 aromatic carbocycles. The highest BCUT2D eigenvalue weighted by molar-refractivity contribution is 5.92. The fraction of sp³-hybridized carbons (Fsp3) is 0.650. The van der Waals surface area contributed by atoms with E-state index in [4.69, 9.17) is 4.74 Å². The van der Waals surface area contributed by atoms with E-state index in [1.807, 2.05) is 33.8 Å². The molecule has 0 spiro atoms. The van der Waals surface area contributed by atoms with Gasteiger partial charge in [0.15, 0.2) is 0 Å². The number of likely N-dealkylation sites (tertiary alicyclic amines) is 1. The van der Waals surface area contributed by atoms with Gasteiger partial charge < -0.3 is 19.9 Å². The molecule has 2 rings (SSSR count). The molecule has 0 saturated carbocycles. The number of quaternary nitrogens is 1. The van der Waals surface area contributed by atoms with E-state index in [2.05, 4.69) is 10.3 Å². The third-order valence-electron chi connectivity index (χ3n) is 4.47. The molecule has 7 nitrogen and oxygen atoms in total. The Labute approximate surface area is 162 Å². The van der Waals surface area contributed by atoms with Gasteiger partial charge in [0.25, 0.3) is 5.91 Å². The summed E-state index contributed by atoms with van der Waals surface area (Å²) in [6, 6.07) is 5.11. The van der Waals surface area contributed by atoms with Crippen LogP contribution in [0.2, 0.25) is 0 Å². The minimum absolute atomic E-state index is 0.105. The Morgan fingerprint density at radius 3 is 2.59 bits per heavy atom. The average Bonchev–Trinajstić information content (AvgIpc) is 3.10. The summed E-state index contributed by atoms with van der Waals surface area (Å²) < 4.78 is 5.31. The summed E-state index contributed by atoms with van der Waals surface area (Å²) in [5, 5.41) is 2.82. The van der Waals surface area contributed by atoms with E-state index in [9.17, 15) is 9.59 Å². The predicted octanol–water partition coefficient (Wildman–Crippen LogP) is 1.12. The van der Waals surface area contributed by atoms with Gasteiger partial charge in [0, 0.05) is 31.6 Å². The van der Waals surface area contributed by atoms with Gasteiger partial charge >= 0.3 is 6.09 Å². The van der Waals surface area contributed by atoms with Crippen LogP contribution in [-0.4, -0.2) is 66.3 Å². The summed E-state index contributed by atoms with van der Waals surface area (Å²) in [5.41, 5.74) is -0.120. The fourth-order valence-electron chi connectivity index (χ4n) is 3.23. The van der Waals surface area contributed by atoms with Gasteiger partial charge in [-0.1, -0.05) is 6.07 Å². The maximum Gasteiger partial charge on any atom is 0.407 e. The largest absolute Gasteiger partial charge is 0.444 e. The molecule has 1 saturated heterocycles. The second-order valence-electron chi connectivity index (χ2n) is 8.22. The monoisotopic (exact) mass is 377 g/mol. The Kier molecular flexibility index (Phi) is 7.59. The highest BCUT2D eigenvalue weighted by Gasteiger charge is 2.24. The molecule has 0 unspecified atom stereocenters. The van der Waals surface area contributed by atoms with Crippen LogP contribution in [0.15, 0.2) is 24.4 Å². The van der Waals surface area contributed by atoms with Crippen LogP contribution in [0.4, 0.5) is 4.79 Å². The molecule has 1 fully saturated rings. The van der Waals surface area contributed by atoms with E-state index in [0.29, 0.717) is 18.8 Å². The van der Waals surface area contributed by atoms with Crippen LogP contribution in [0.3, 0.4) is 0 Å². The zero-order valence-electron chi connectivity index (χ0n) is 17.0. The molecule has 1 aromatic heterocycles. The first-order chi connectivity index (χ1) is 12.7. The molecule has 0 bridgehead atoms. The molecule has 2 N–H and O–H groups in total. The summed E-state index contributed by atoms with van der Waals surface area (Å²) in [5.74, 6) is -0.105. The van der Waals surface area contributed by atoms with Crippen molar-refractivity contribution in [1.29, 1.82) is 0 Å². The van der Waals surface area contributed by atoms with Gasteiger partial charge in [-0.3, -0.25) is 9.78 Å². The van der Waals surface area contributed by atoms with E-state index < -0.39 is 11.7 Å². The number of nitrogens with zero attached hydrogens (tertiary/aromatic N) is 2. The summed E-state index contributed by atoms with van der Waals surface area (Å²) in [6.45, 7) is 11.7. The smallest absolute Gasteiger partial charge is 0.407 e. The lowest BCUT2D eigenvalue weighted by Crippen LogP contribution is -3.10. The van der Waals surface area contributed by atoms with Crippen LogP contribution in [0, 0.1) is 0 Å². The van der Waals surface area contributed by atoms with Crippen LogP contribution in [0.1, 0.15) is 51.0 Å². The molecule has 1 aliphatic rings. The molecular formula is C20H33N4O3+. The maximum absolute atomic E-state index is 12.9. The molecule has 150 valence electrons. The van der Waals surface area contributed by atoms with Gasteiger partial charge in [0.05, 0.1) is 26.2 Å². The van der Waals surface area contributed by atoms with E-state index in [0.717, 1.165) is 19.6 Å². The number of ether oxygens (including phenoxy) is 1. The minimum Gasteiger partial charge on any atom is -0.444 e. The van der Waals surface area contributed by atoms with E-state index in [-0.39, 0.29) is 11.9 Å². The highest BCUT2D eigenvalue weighted by Crippen LogP contribution is 2.07.